The summed E-state index contributed by atoms with van der Waals surface area (Å²) in [4.78, 5) is 3.63. The second kappa shape index (κ2) is 1.94. The molecule has 0 saturated heterocycles. The highest BCUT2D eigenvalue weighted by Crippen LogP contribution is 2.00. The second-order valence-corrected chi connectivity index (χ2v) is 1.54. The number of nitrogens with zero attached hydrogens (tertiary/aromatic N) is 1. The van der Waals surface area contributed by atoms with Crippen molar-refractivity contribution < 1.29 is 0 Å². The summed E-state index contributed by atoms with van der Waals surface area (Å²) in [5.41, 5.74) is 0. The highest BCUT2D eigenvalue weighted by molar-refractivity contribution is 6.30. The lowest BCUT2D eigenvalue weighted by molar-refractivity contribution is 1.31. The predicted octanol–water partition coefficient (Wildman–Crippen LogP) is 1.54. The van der Waals surface area contributed by atoms with Gasteiger partial charge in [0, 0.05) is 6.20 Å². The molecule has 0 amide bonds. The first-order valence-electron chi connectivity index (χ1n) is 1.87. The molecule has 0 saturated carbocycles. The van der Waals surface area contributed by atoms with E-state index in [0.29, 0.717) is 5.02 Å². The minimum Gasteiger partial charge on any atom is -0.253 e. The van der Waals surface area contributed by atoms with E-state index in [1.807, 2.05) is 0 Å². The van der Waals surface area contributed by atoms with E-state index in [-0.39, 0.29) is 0 Å². The van der Waals surface area contributed by atoms with Gasteiger partial charge in [-0.05, 0) is 12.1 Å². The van der Waals surface area contributed by atoms with Gasteiger partial charge in [-0.2, -0.15) is 0 Å². The Morgan fingerprint density at radius 1 is 1.71 bits per heavy atom. The number of hydrogen-bond acceptors (Lipinski definition) is 1. The molecule has 0 aliphatic carbocycles. The van der Waals surface area contributed by atoms with Gasteiger partial charge in [0.05, 0.1) is 11.2 Å². The second-order valence-electron chi connectivity index (χ2n) is 1.11. The zero-order chi connectivity index (χ0) is 5.11. The van der Waals surface area contributed by atoms with Gasteiger partial charge in [-0.1, -0.05) is 11.6 Å². The number of halogens is 1. The Balaban J connectivity index is 3.02. The van der Waals surface area contributed by atoms with Crippen molar-refractivity contribution in [2.45, 2.75) is 0 Å². The Morgan fingerprint density at radius 2 is 2.57 bits per heavy atom. The molecule has 1 nitrogen and oxygen atoms in total. The van der Waals surface area contributed by atoms with Crippen LogP contribution in [0.3, 0.4) is 0 Å². The summed E-state index contributed by atoms with van der Waals surface area (Å²) in [5, 5.41) is 0.652. The summed E-state index contributed by atoms with van der Waals surface area (Å²) < 4.78 is 0. The molecule has 0 aliphatic rings. The van der Waals surface area contributed by atoms with Gasteiger partial charge in [0.25, 0.3) is 0 Å². The molecule has 35 valence electrons. The Labute approximate surface area is 47.0 Å². The van der Waals surface area contributed by atoms with Crippen LogP contribution in [0.15, 0.2) is 18.3 Å². The molecule has 1 rings (SSSR count). The standard InChI is InChI=1S/C5H3ClN/c6-5-2-1-3-7-4-5/h1-2,4H. The van der Waals surface area contributed by atoms with Gasteiger partial charge in [0.1, 0.15) is 0 Å². The van der Waals surface area contributed by atoms with E-state index in [9.17, 15) is 0 Å². The van der Waals surface area contributed by atoms with Crippen molar-refractivity contribution >= 4 is 11.6 Å². The van der Waals surface area contributed by atoms with Crippen LogP contribution in [-0.4, -0.2) is 4.98 Å². The molecule has 0 fully saturated rings. The SMILES string of the molecule is Clc1cc[c]nc1. The summed E-state index contributed by atoms with van der Waals surface area (Å²) >= 11 is 5.46. The topological polar surface area (TPSA) is 12.9 Å². The average Bonchev–Trinajstić information content (AvgIpc) is 1.69. The van der Waals surface area contributed by atoms with E-state index in [1.54, 1.807) is 18.3 Å². The van der Waals surface area contributed by atoms with E-state index in [2.05, 4.69) is 11.2 Å². The van der Waals surface area contributed by atoms with Gasteiger partial charge < -0.3 is 0 Å². The number of pyridine rings is 1. The Hall–Kier alpha value is -0.560. The molecule has 0 N–H and O–H groups in total. The van der Waals surface area contributed by atoms with E-state index < -0.39 is 0 Å². The molecular weight excluding hydrogens is 110 g/mol. The fourth-order valence-electron chi connectivity index (χ4n) is 0.302. The lowest BCUT2D eigenvalue weighted by Crippen LogP contribution is -1.65. The monoisotopic (exact) mass is 112 g/mol. The van der Waals surface area contributed by atoms with Crippen LogP contribution in [0.1, 0.15) is 0 Å². The molecule has 0 bridgehead atoms. The van der Waals surface area contributed by atoms with Gasteiger partial charge in [-0.3, -0.25) is 4.98 Å². The van der Waals surface area contributed by atoms with Crippen molar-refractivity contribution in [1.82, 2.24) is 4.98 Å². The van der Waals surface area contributed by atoms with E-state index in [1.165, 1.54) is 0 Å². The first-order valence-corrected chi connectivity index (χ1v) is 2.25. The molecule has 1 aromatic heterocycles. The van der Waals surface area contributed by atoms with Gasteiger partial charge >= 0.3 is 0 Å². The Morgan fingerprint density at radius 3 is 2.86 bits per heavy atom. The van der Waals surface area contributed by atoms with Gasteiger partial charge in [0.2, 0.25) is 0 Å². The molecule has 1 radical (unpaired) electrons. The predicted molar refractivity (Wildman–Crippen MR) is 28.1 cm³/mol. The molecule has 0 atom stereocenters. The zero-order valence-corrected chi connectivity index (χ0v) is 4.31. The van der Waals surface area contributed by atoms with E-state index >= 15 is 0 Å². The molecule has 7 heavy (non-hydrogen) atoms. The third-order valence-electron chi connectivity index (χ3n) is 0.580. The van der Waals surface area contributed by atoms with Crippen molar-refractivity contribution in [2.24, 2.45) is 0 Å². The zero-order valence-electron chi connectivity index (χ0n) is 3.56. The highest BCUT2D eigenvalue weighted by Gasteiger charge is 1.76. The van der Waals surface area contributed by atoms with Gasteiger partial charge in [-0.15, -0.1) is 0 Å². The highest BCUT2D eigenvalue weighted by atomic mass is 35.5. The van der Waals surface area contributed by atoms with Crippen molar-refractivity contribution in [2.75, 3.05) is 0 Å². The minimum absolute atomic E-state index is 0.652. The summed E-state index contributed by atoms with van der Waals surface area (Å²) in [6.07, 6.45) is 4.14. The Bertz CT molecular complexity index is 138. The van der Waals surface area contributed by atoms with Crippen LogP contribution >= 0.6 is 11.6 Å². The number of aromatic nitrogens is 1. The molecule has 2 heteroatoms. The van der Waals surface area contributed by atoms with Crippen LogP contribution in [0.2, 0.25) is 5.02 Å². The fourth-order valence-corrected chi connectivity index (χ4v) is 0.414. The molecule has 1 heterocycles. The lowest BCUT2D eigenvalue weighted by atomic mass is 10.5. The smallest absolute Gasteiger partial charge is 0.0887 e. The Kier molecular flexibility index (Phi) is 1.27. The molecular formula is C5H3ClN. The summed E-state index contributed by atoms with van der Waals surface area (Å²) in [5.74, 6) is 0. The number of hydrogen-bond donors (Lipinski definition) is 0. The van der Waals surface area contributed by atoms with Gasteiger partial charge in [-0.25, -0.2) is 0 Å². The van der Waals surface area contributed by atoms with Crippen molar-refractivity contribution in [3.63, 3.8) is 0 Å². The molecule has 0 aromatic carbocycles. The molecule has 1 aromatic rings. The van der Waals surface area contributed by atoms with Crippen LogP contribution in [0.25, 0.3) is 0 Å². The van der Waals surface area contributed by atoms with Crippen molar-refractivity contribution in [3.8, 4) is 0 Å². The normalized spacial score (nSPS) is 8.71. The van der Waals surface area contributed by atoms with E-state index in [4.69, 9.17) is 11.6 Å². The summed E-state index contributed by atoms with van der Waals surface area (Å²) in [7, 11) is 0. The van der Waals surface area contributed by atoms with Crippen LogP contribution in [-0.2, 0) is 0 Å². The van der Waals surface area contributed by atoms with Crippen LogP contribution in [0.5, 0.6) is 0 Å². The average molecular weight is 113 g/mol. The maximum atomic E-state index is 5.46. The van der Waals surface area contributed by atoms with Gasteiger partial charge in [0.15, 0.2) is 0 Å². The third kappa shape index (κ3) is 1.16. The largest absolute Gasteiger partial charge is 0.253 e. The van der Waals surface area contributed by atoms with E-state index in [0.717, 1.165) is 0 Å². The fraction of sp³-hybridized carbons (Fsp3) is 0. The van der Waals surface area contributed by atoms with Crippen molar-refractivity contribution in [1.29, 1.82) is 0 Å². The lowest BCUT2D eigenvalue weighted by Gasteiger charge is -1.78. The molecule has 0 aliphatic heterocycles. The quantitative estimate of drug-likeness (QED) is 0.496. The maximum absolute atomic E-state index is 5.46. The van der Waals surface area contributed by atoms with Crippen LogP contribution < -0.4 is 0 Å². The molecule has 0 unspecified atom stereocenters. The number of rotatable bonds is 0. The van der Waals surface area contributed by atoms with Crippen molar-refractivity contribution in [3.05, 3.63) is 29.5 Å². The van der Waals surface area contributed by atoms with Crippen LogP contribution in [0, 0.1) is 6.20 Å². The third-order valence-corrected chi connectivity index (χ3v) is 0.803. The summed E-state index contributed by atoms with van der Waals surface area (Å²) in [6.45, 7) is 0. The minimum atomic E-state index is 0.652. The van der Waals surface area contributed by atoms with Crippen LogP contribution in [0.4, 0.5) is 0 Å². The summed E-state index contributed by atoms with van der Waals surface area (Å²) in [6, 6.07) is 3.40. The molecule has 0 spiro atoms. The maximum Gasteiger partial charge on any atom is 0.0887 e. The first-order chi connectivity index (χ1) is 3.39. The first kappa shape index (κ1) is 4.60.